The highest BCUT2D eigenvalue weighted by atomic mass is 32.2. The largest absolute Gasteiger partial charge is 0.380 e. The molecule has 0 radical (unpaired) electrons. The Morgan fingerprint density at radius 3 is 2.81 bits per heavy atom. The highest BCUT2D eigenvalue weighted by Gasteiger charge is 2.38. The van der Waals surface area contributed by atoms with Crippen LogP contribution in [0.25, 0.3) is 0 Å². The lowest BCUT2D eigenvalue weighted by Crippen LogP contribution is -2.54. The van der Waals surface area contributed by atoms with E-state index in [0.717, 1.165) is 45.2 Å². The van der Waals surface area contributed by atoms with Crippen LogP contribution in [0, 0.1) is 0 Å². The Morgan fingerprint density at radius 1 is 1.33 bits per heavy atom. The van der Waals surface area contributed by atoms with Crippen LogP contribution < -0.4 is 5.32 Å². The van der Waals surface area contributed by atoms with Crippen LogP contribution in [0.5, 0.6) is 0 Å². The summed E-state index contributed by atoms with van der Waals surface area (Å²) in [6, 6.07) is 0.0706. The molecule has 2 atom stereocenters. The first-order valence-corrected chi connectivity index (χ1v) is 9.50. The number of likely N-dealkylation sites (N-methyl/N-ethyl adjacent to an activating group) is 1. The van der Waals surface area contributed by atoms with Gasteiger partial charge < -0.3 is 10.1 Å². The van der Waals surface area contributed by atoms with E-state index in [0.29, 0.717) is 19.8 Å². The van der Waals surface area contributed by atoms with E-state index in [4.69, 9.17) is 4.74 Å². The smallest absolute Gasteiger partial charge is 0.282 e. The summed E-state index contributed by atoms with van der Waals surface area (Å²) in [5.74, 6) is 0. The highest BCUT2D eigenvalue weighted by molar-refractivity contribution is 7.86. The Bertz CT molecular complexity index is 410. The van der Waals surface area contributed by atoms with E-state index in [-0.39, 0.29) is 12.1 Å². The van der Waals surface area contributed by atoms with Crippen LogP contribution in [-0.4, -0.2) is 69.0 Å². The second-order valence-electron chi connectivity index (χ2n) is 6.01. The van der Waals surface area contributed by atoms with Crippen molar-refractivity contribution in [2.24, 2.45) is 0 Å². The zero-order valence-corrected chi connectivity index (χ0v) is 14.1. The van der Waals surface area contributed by atoms with Gasteiger partial charge in [-0.25, -0.2) is 0 Å². The van der Waals surface area contributed by atoms with Gasteiger partial charge in [0, 0.05) is 32.8 Å². The molecule has 2 rings (SSSR count). The number of rotatable bonds is 7. The minimum absolute atomic E-state index is 0.0128. The van der Waals surface area contributed by atoms with Crippen molar-refractivity contribution < 1.29 is 13.2 Å². The molecule has 2 saturated heterocycles. The summed E-state index contributed by atoms with van der Waals surface area (Å²) in [5.41, 5.74) is 0. The molecule has 0 spiro atoms. The second-order valence-corrected chi connectivity index (χ2v) is 7.95. The van der Waals surface area contributed by atoms with Crippen LogP contribution in [0.2, 0.25) is 0 Å². The van der Waals surface area contributed by atoms with Gasteiger partial charge in [-0.15, -0.1) is 0 Å². The third-order valence-corrected chi connectivity index (χ3v) is 6.56. The molecule has 2 fully saturated rings. The molecule has 2 unspecified atom stereocenters. The summed E-state index contributed by atoms with van der Waals surface area (Å²) >= 11 is 0. The summed E-state index contributed by atoms with van der Waals surface area (Å²) in [6.07, 6.45) is 4.88. The van der Waals surface area contributed by atoms with E-state index < -0.39 is 10.2 Å². The quantitative estimate of drug-likeness (QED) is 0.705. The predicted octanol–water partition coefficient (Wildman–Crippen LogP) is 0.806. The molecule has 7 heteroatoms. The average Bonchev–Trinajstić information content (AvgIpc) is 3.01. The maximum atomic E-state index is 12.9. The second kappa shape index (κ2) is 7.87. The molecule has 2 aliphatic rings. The molecule has 0 amide bonds. The lowest BCUT2D eigenvalue weighted by atomic mass is 10.1. The van der Waals surface area contributed by atoms with Crippen molar-refractivity contribution in [1.82, 2.24) is 13.9 Å². The lowest BCUT2D eigenvalue weighted by Gasteiger charge is -2.38. The monoisotopic (exact) mass is 319 g/mol. The maximum absolute atomic E-state index is 12.9. The molecule has 2 heterocycles. The van der Waals surface area contributed by atoms with Crippen LogP contribution in [0.3, 0.4) is 0 Å². The molecular weight excluding hydrogens is 290 g/mol. The van der Waals surface area contributed by atoms with Crippen LogP contribution in [0.4, 0.5) is 0 Å². The van der Waals surface area contributed by atoms with Gasteiger partial charge in [0.25, 0.3) is 10.2 Å². The average molecular weight is 319 g/mol. The van der Waals surface area contributed by atoms with E-state index in [1.807, 2.05) is 0 Å². The molecule has 0 aromatic heterocycles. The lowest BCUT2D eigenvalue weighted by molar-refractivity contribution is 0.174. The molecule has 21 heavy (non-hydrogen) atoms. The number of nitrogens with zero attached hydrogens (tertiary/aromatic N) is 2. The molecular formula is C14H29N3O3S. The fourth-order valence-electron chi connectivity index (χ4n) is 3.09. The molecule has 0 bridgehead atoms. The third-order valence-electron chi connectivity index (χ3n) is 4.46. The normalized spacial score (nSPS) is 28.3. The summed E-state index contributed by atoms with van der Waals surface area (Å²) in [5, 5.41) is 3.37. The molecule has 124 valence electrons. The van der Waals surface area contributed by atoms with Crippen molar-refractivity contribution in [3.05, 3.63) is 0 Å². The standard InChI is InChI=1S/C14H29N3O3S/c1-3-8-15-11-13-6-4-5-9-17(13)21(18,19)16(2)14-7-10-20-12-14/h13-15H,3-12H2,1-2H3. The Labute approximate surface area is 129 Å². The molecule has 0 aromatic rings. The molecule has 0 aliphatic carbocycles. The molecule has 2 aliphatic heterocycles. The van der Waals surface area contributed by atoms with Gasteiger partial charge in [0.05, 0.1) is 12.6 Å². The predicted molar refractivity (Wildman–Crippen MR) is 83.4 cm³/mol. The SMILES string of the molecule is CCCNCC1CCCCN1S(=O)(=O)N(C)C1CCOC1. The van der Waals surface area contributed by atoms with Crippen molar-refractivity contribution >= 4 is 10.2 Å². The fourth-order valence-corrected chi connectivity index (χ4v) is 4.88. The zero-order chi connectivity index (χ0) is 15.3. The maximum Gasteiger partial charge on any atom is 0.282 e. The Balaban J connectivity index is 2.03. The van der Waals surface area contributed by atoms with Crippen LogP contribution in [0.15, 0.2) is 0 Å². The Hall–Kier alpha value is -0.210. The first kappa shape index (κ1) is 17.1. The van der Waals surface area contributed by atoms with E-state index in [9.17, 15) is 8.42 Å². The summed E-state index contributed by atoms with van der Waals surface area (Å²) in [7, 11) is -1.69. The molecule has 0 aromatic carbocycles. The van der Waals surface area contributed by atoms with Gasteiger partial charge in [-0.2, -0.15) is 17.0 Å². The van der Waals surface area contributed by atoms with E-state index in [1.54, 1.807) is 11.4 Å². The number of hydrogen-bond acceptors (Lipinski definition) is 4. The van der Waals surface area contributed by atoms with Crippen LogP contribution in [-0.2, 0) is 14.9 Å². The summed E-state index contributed by atoms with van der Waals surface area (Å²) in [6.45, 7) is 5.63. The van der Waals surface area contributed by atoms with Gasteiger partial charge in [0.15, 0.2) is 0 Å². The number of piperidine rings is 1. The zero-order valence-electron chi connectivity index (χ0n) is 13.3. The first-order valence-electron chi connectivity index (χ1n) is 8.10. The Morgan fingerprint density at radius 2 is 2.14 bits per heavy atom. The third kappa shape index (κ3) is 4.16. The van der Waals surface area contributed by atoms with E-state index >= 15 is 0 Å². The van der Waals surface area contributed by atoms with Crippen molar-refractivity contribution in [2.75, 3.05) is 39.9 Å². The van der Waals surface area contributed by atoms with Crippen molar-refractivity contribution in [3.63, 3.8) is 0 Å². The minimum atomic E-state index is -3.39. The summed E-state index contributed by atoms with van der Waals surface area (Å²) in [4.78, 5) is 0. The van der Waals surface area contributed by atoms with Gasteiger partial charge in [-0.05, 0) is 32.2 Å². The van der Waals surface area contributed by atoms with Crippen molar-refractivity contribution in [2.45, 2.75) is 51.1 Å². The van der Waals surface area contributed by atoms with Gasteiger partial charge in [0.1, 0.15) is 0 Å². The molecule has 0 saturated carbocycles. The highest BCUT2D eigenvalue weighted by Crippen LogP contribution is 2.24. The molecule has 6 nitrogen and oxygen atoms in total. The van der Waals surface area contributed by atoms with Crippen molar-refractivity contribution in [3.8, 4) is 0 Å². The minimum Gasteiger partial charge on any atom is -0.380 e. The van der Waals surface area contributed by atoms with Gasteiger partial charge in [-0.3, -0.25) is 0 Å². The van der Waals surface area contributed by atoms with E-state index in [2.05, 4.69) is 12.2 Å². The molecule has 1 N–H and O–H groups in total. The first-order chi connectivity index (χ1) is 10.1. The number of hydrogen-bond donors (Lipinski definition) is 1. The Kier molecular flexibility index (Phi) is 6.43. The van der Waals surface area contributed by atoms with Crippen LogP contribution in [0.1, 0.15) is 39.0 Å². The van der Waals surface area contributed by atoms with Gasteiger partial charge in [0.2, 0.25) is 0 Å². The summed E-state index contributed by atoms with van der Waals surface area (Å²) < 4.78 is 34.3. The number of ether oxygens (including phenoxy) is 1. The van der Waals surface area contributed by atoms with Gasteiger partial charge in [-0.1, -0.05) is 13.3 Å². The fraction of sp³-hybridized carbons (Fsp3) is 1.00. The van der Waals surface area contributed by atoms with Crippen LogP contribution >= 0.6 is 0 Å². The topological polar surface area (TPSA) is 61.9 Å². The number of nitrogens with one attached hydrogen (secondary N) is 1. The van der Waals surface area contributed by atoms with Crippen molar-refractivity contribution in [1.29, 1.82) is 0 Å². The van der Waals surface area contributed by atoms with E-state index in [1.165, 1.54) is 4.31 Å². The van der Waals surface area contributed by atoms with Gasteiger partial charge >= 0.3 is 0 Å².